The molecule has 1 saturated carbocycles. The molecule has 2 rings (SSSR count). The van der Waals surface area contributed by atoms with Crippen LogP contribution in [0.25, 0.3) is 0 Å². The largest absolute Gasteiger partial charge is 0.490 e. The number of benzene rings is 1. The highest BCUT2D eigenvalue weighted by atomic mass is 16.5. The molecule has 1 aliphatic carbocycles. The maximum absolute atomic E-state index is 6.13. The van der Waals surface area contributed by atoms with Gasteiger partial charge in [-0.15, -0.1) is 0 Å². The van der Waals surface area contributed by atoms with E-state index in [1.807, 2.05) is 0 Å². The zero-order chi connectivity index (χ0) is 13.7. The summed E-state index contributed by atoms with van der Waals surface area (Å²) in [5, 5.41) is 3.54. The summed E-state index contributed by atoms with van der Waals surface area (Å²) in [5.41, 5.74) is 1.38. The molecule has 1 aliphatic rings. The molecule has 0 bridgehead atoms. The van der Waals surface area contributed by atoms with Gasteiger partial charge in [-0.25, -0.2) is 0 Å². The van der Waals surface area contributed by atoms with Gasteiger partial charge in [0.2, 0.25) is 0 Å². The van der Waals surface area contributed by atoms with Crippen LogP contribution >= 0.6 is 0 Å². The van der Waals surface area contributed by atoms with Crippen LogP contribution in [0.2, 0.25) is 0 Å². The van der Waals surface area contributed by atoms with E-state index in [9.17, 15) is 0 Å². The predicted octanol–water partition coefficient (Wildman–Crippen LogP) is 4.11. The molecule has 106 valence electrons. The zero-order valence-corrected chi connectivity index (χ0v) is 12.5. The summed E-state index contributed by atoms with van der Waals surface area (Å²) in [6.45, 7) is 7.67. The Kier molecular flexibility index (Phi) is 5.26. The standard InChI is InChI=1S/C17H27NO/c1-4-18-15-6-5-7-17(12-15)19-16-10-8-14(9-11-16)13(2)3/h8-11,13,15,17-18H,4-7,12H2,1-3H3. The summed E-state index contributed by atoms with van der Waals surface area (Å²) >= 11 is 0. The second kappa shape index (κ2) is 6.95. The average molecular weight is 261 g/mol. The third kappa shape index (κ3) is 4.24. The van der Waals surface area contributed by atoms with Crippen molar-refractivity contribution in [1.82, 2.24) is 5.32 Å². The molecule has 2 heteroatoms. The molecule has 2 unspecified atom stereocenters. The zero-order valence-electron chi connectivity index (χ0n) is 12.5. The summed E-state index contributed by atoms with van der Waals surface area (Å²) in [7, 11) is 0. The molecule has 2 nitrogen and oxygen atoms in total. The normalized spacial score (nSPS) is 23.6. The van der Waals surface area contributed by atoms with Gasteiger partial charge in [0, 0.05) is 6.04 Å². The van der Waals surface area contributed by atoms with Gasteiger partial charge in [-0.1, -0.05) is 32.9 Å². The average Bonchev–Trinajstić information content (AvgIpc) is 2.40. The maximum Gasteiger partial charge on any atom is 0.119 e. The minimum Gasteiger partial charge on any atom is -0.490 e. The molecule has 1 fully saturated rings. The lowest BCUT2D eigenvalue weighted by atomic mass is 9.93. The Bertz CT molecular complexity index is 369. The Morgan fingerprint density at radius 3 is 2.58 bits per heavy atom. The molecule has 19 heavy (non-hydrogen) atoms. The first-order valence-electron chi connectivity index (χ1n) is 7.69. The van der Waals surface area contributed by atoms with Crippen LogP contribution < -0.4 is 10.1 Å². The van der Waals surface area contributed by atoms with E-state index in [0.717, 1.165) is 18.7 Å². The topological polar surface area (TPSA) is 21.3 Å². The van der Waals surface area contributed by atoms with Crippen molar-refractivity contribution in [2.75, 3.05) is 6.54 Å². The second-order valence-electron chi connectivity index (χ2n) is 5.88. The van der Waals surface area contributed by atoms with Crippen molar-refractivity contribution in [3.8, 4) is 5.75 Å². The van der Waals surface area contributed by atoms with Crippen LogP contribution in [-0.2, 0) is 0 Å². The van der Waals surface area contributed by atoms with Gasteiger partial charge in [0.05, 0.1) is 0 Å². The molecule has 0 spiro atoms. The Morgan fingerprint density at radius 2 is 1.95 bits per heavy atom. The fraction of sp³-hybridized carbons (Fsp3) is 0.647. The Hall–Kier alpha value is -1.02. The van der Waals surface area contributed by atoms with Gasteiger partial charge < -0.3 is 10.1 Å². The quantitative estimate of drug-likeness (QED) is 0.861. The lowest BCUT2D eigenvalue weighted by Crippen LogP contribution is -2.37. The van der Waals surface area contributed by atoms with E-state index in [2.05, 4.69) is 50.4 Å². The number of hydrogen-bond donors (Lipinski definition) is 1. The predicted molar refractivity (Wildman–Crippen MR) is 80.9 cm³/mol. The molecule has 2 atom stereocenters. The van der Waals surface area contributed by atoms with E-state index < -0.39 is 0 Å². The first-order chi connectivity index (χ1) is 9.19. The lowest BCUT2D eigenvalue weighted by Gasteiger charge is -2.30. The summed E-state index contributed by atoms with van der Waals surface area (Å²) in [6, 6.07) is 9.24. The fourth-order valence-electron chi connectivity index (χ4n) is 2.85. The van der Waals surface area contributed by atoms with Gasteiger partial charge in [0.15, 0.2) is 0 Å². The van der Waals surface area contributed by atoms with Crippen molar-refractivity contribution >= 4 is 0 Å². The molecule has 0 aromatic heterocycles. The van der Waals surface area contributed by atoms with E-state index in [0.29, 0.717) is 18.1 Å². The number of nitrogens with one attached hydrogen (secondary N) is 1. The summed E-state index contributed by atoms with van der Waals surface area (Å²) < 4.78 is 6.13. The third-order valence-electron chi connectivity index (χ3n) is 3.97. The first-order valence-corrected chi connectivity index (χ1v) is 7.69. The van der Waals surface area contributed by atoms with Crippen LogP contribution in [-0.4, -0.2) is 18.7 Å². The highest BCUT2D eigenvalue weighted by Crippen LogP contribution is 2.25. The lowest BCUT2D eigenvalue weighted by molar-refractivity contribution is 0.135. The molecule has 0 saturated heterocycles. The molecular weight excluding hydrogens is 234 g/mol. The Morgan fingerprint density at radius 1 is 1.21 bits per heavy atom. The summed E-state index contributed by atoms with van der Waals surface area (Å²) in [5.74, 6) is 1.61. The fourth-order valence-corrected chi connectivity index (χ4v) is 2.85. The van der Waals surface area contributed by atoms with Crippen LogP contribution in [0.5, 0.6) is 5.75 Å². The van der Waals surface area contributed by atoms with Crippen molar-refractivity contribution in [1.29, 1.82) is 0 Å². The van der Waals surface area contributed by atoms with Gasteiger partial charge in [-0.05, 0) is 55.8 Å². The highest BCUT2D eigenvalue weighted by molar-refractivity contribution is 5.29. The molecule has 1 N–H and O–H groups in total. The third-order valence-corrected chi connectivity index (χ3v) is 3.97. The van der Waals surface area contributed by atoms with Gasteiger partial charge in [-0.2, -0.15) is 0 Å². The smallest absolute Gasteiger partial charge is 0.119 e. The Balaban J connectivity index is 1.89. The number of ether oxygens (including phenoxy) is 1. The van der Waals surface area contributed by atoms with Crippen molar-refractivity contribution in [3.05, 3.63) is 29.8 Å². The van der Waals surface area contributed by atoms with Crippen LogP contribution in [0.15, 0.2) is 24.3 Å². The molecule has 1 aromatic rings. The highest BCUT2D eigenvalue weighted by Gasteiger charge is 2.22. The van der Waals surface area contributed by atoms with Crippen molar-refractivity contribution < 1.29 is 4.74 Å². The van der Waals surface area contributed by atoms with Crippen LogP contribution in [0.3, 0.4) is 0 Å². The maximum atomic E-state index is 6.13. The minimum atomic E-state index is 0.377. The van der Waals surface area contributed by atoms with Gasteiger partial charge in [-0.3, -0.25) is 0 Å². The molecule has 0 radical (unpaired) electrons. The van der Waals surface area contributed by atoms with E-state index in [1.165, 1.54) is 24.8 Å². The minimum absolute atomic E-state index is 0.377. The van der Waals surface area contributed by atoms with E-state index in [-0.39, 0.29) is 0 Å². The Labute approximate surface area is 117 Å². The first kappa shape index (κ1) is 14.4. The van der Waals surface area contributed by atoms with Crippen molar-refractivity contribution in [2.45, 2.75) is 64.5 Å². The summed E-state index contributed by atoms with van der Waals surface area (Å²) in [6.07, 6.45) is 5.27. The van der Waals surface area contributed by atoms with E-state index in [4.69, 9.17) is 4.74 Å². The number of rotatable bonds is 5. The summed E-state index contributed by atoms with van der Waals surface area (Å²) in [4.78, 5) is 0. The van der Waals surface area contributed by atoms with Crippen molar-refractivity contribution in [2.24, 2.45) is 0 Å². The van der Waals surface area contributed by atoms with Crippen molar-refractivity contribution in [3.63, 3.8) is 0 Å². The van der Waals surface area contributed by atoms with Gasteiger partial charge in [0.25, 0.3) is 0 Å². The molecule has 0 heterocycles. The molecule has 1 aromatic carbocycles. The number of hydrogen-bond acceptors (Lipinski definition) is 2. The van der Waals surface area contributed by atoms with E-state index >= 15 is 0 Å². The van der Waals surface area contributed by atoms with Gasteiger partial charge in [0.1, 0.15) is 11.9 Å². The molecule has 0 amide bonds. The monoisotopic (exact) mass is 261 g/mol. The van der Waals surface area contributed by atoms with Crippen LogP contribution in [0.4, 0.5) is 0 Å². The van der Waals surface area contributed by atoms with Gasteiger partial charge >= 0.3 is 0 Å². The van der Waals surface area contributed by atoms with E-state index in [1.54, 1.807) is 0 Å². The second-order valence-corrected chi connectivity index (χ2v) is 5.88. The SMILES string of the molecule is CCNC1CCCC(Oc2ccc(C(C)C)cc2)C1. The molecule has 0 aliphatic heterocycles. The van der Waals surface area contributed by atoms with Crippen LogP contribution in [0, 0.1) is 0 Å². The van der Waals surface area contributed by atoms with Crippen LogP contribution in [0.1, 0.15) is 57.9 Å². The molecular formula is C17H27NO.